The second-order valence-corrected chi connectivity index (χ2v) is 6.53. The van der Waals surface area contributed by atoms with Gasteiger partial charge in [-0.2, -0.15) is 13.7 Å². The molecule has 0 aliphatic heterocycles. The van der Waals surface area contributed by atoms with E-state index >= 15 is 0 Å². The van der Waals surface area contributed by atoms with Gasteiger partial charge in [0.2, 0.25) is 0 Å². The van der Waals surface area contributed by atoms with Gasteiger partial charge in [-0.05, 0) is 35.9 Å². The average Bonchev–Trinajstić information content (AvgIpc) is 2.43. The predicted molar refractivity (Wildman–Crippen MR) is 82.5 cm³/mol. The van der Waals surface area contributed by atoms with E-state index in [-0.39, 0.29) is 12.6 Å². The van der Waals surface area contributed by atoms with E-state index in [4.69, 9.17) is 9.44 Å². The third kappa shape index (κ3) is 4.18. The molecule has 21 heavy (non-hydrogen) atoms. The van der Waals surface area contributed by atoms with Crippen molar-refractivity contribution in [3.63, 3.8) is 0 Å². The standard InChI is InChI=1S/C15H16N2O3S/c1-11(10-20-21(2,18)19)17-14-6-7-15-12(8-14)4-3-5-13(15)9-16/h3-8,11,17H,10H2,1-2H3/t11-/m1/s1. The Hall–Kier alpha value is -2.10. The highest BCUT2D eigenvalue weighted by Crippen LogP contribution is 2.22. The second kappa shape index (κ2) is 6.12. The van der Waals surface area contributed by atoms with E-state index in [0.29, 0.717) is 5.56 Å². The monoisotopic (exact) mass is 304 g/mol. The molecule has 0 fully saturated rings. The van der Waals surface area contributed by atoms with Crippen LogP contribution in [0.25, 0.3) is 10.8 Å². The molecule has 0 aromatic heterocycles. The van der Waals surface area contributed by atoms with Crippen LogP contribution in [-0.4, -0.2) is 27.3 Å². The van der Waals surface area contributed by atoms with Gasteiger partial charge in [0.05, 0.1) is 24.5 Å². The first-order chi connectivity index (χ1) is 9.89. The Labute approximate surface area is 124 Å². The van der Waals surface area contributed by atoms with Crippen LogP contribution in [-0.2, 0) is 14.3 Å². The van der Waals surface area contributed by atoms with Crippen molar-refractivity contribution in [1.29, 1.82) is 5.26 Å². The highest BCUT2D eigenvalue weighted by molar-refractivity contribution is 7.85. The highest BCUT2D eigenvalue weighted by Gasteiger charge is 2.08. The molecule has 5 nitrogen and oxygen atoms in total. The summed E-state index contributed by atoms with van der Waals surface area (Å²) in [6.45, 7) is 1.90. The molecule has 1 atom stereocenters. The summed E-state index contributed by atoms with van der Waals surface area (Å²) in [5.41, 5.74) is 1.48. The minimum absolute atomic E-state index is 0.0646. The first-order valence-electron chi connectivity index (χ1n) is 6.43. The summed E-state index contributed by atoms with van der Waals surface area (Å²) in [6.07, 6.45) is 1.03. The van der Waals surface area contributed by atoms with Crippen LogP contribution in [0, 0.1) is 11.3 Å². The van der Waals surface area contributed by atoms with Gasteiger partial charge in [-0.25, -0.2) is 0 Å². The van der Waals surface area contributed by atoms with Crippen molar-refractivity contribution < 1.29 is 12.6 Å². The number of fused-ring (bicyclic) bond motifs is 1. The molecule has 0 amide bonds. The van der Waals surface area contributed by atoms with Crippen LogP contribution in [0.1, 0.15) is 12.5 Å². The molecule has 0 aliphatic rings. The molecular weight excluding hydrogens is 288 g/mol. The maximum absolute atomic E-state index is 11.0. The van der Waals surface area contributed by atoms with Gasteiger partial charge in [0.15, 0.2) is 0 Å². The minimum atomic E-state index is -3.43. The van der Waals surface area contributed by atoms with Gasteiger partial charge in [0.1, 0.15) is 0 Å². The Morgan fingerprint density at radius 2 is 2.10 bits per heavy atom. The lowest BCUT2D eigenvalue weighted by molar-refractivity contribution is 0.309. The molecule has 0 saturated carbocycles. The van der Waals surface area contributed by atoms with Crippen molar-refractivity contribution >= 4 is 26.6 Å². The first-order valence-corrected chi connectivity index (χ1v) is 8.24. The molecule has 110 valence electrons. The topological polar surface area (TPSA) is 79.2 Å². The van der Waals surface area contributed by atoms with E-state index in [1.54, 1.807) is 6.07 Å². The lowest BCUT2D eigenvalue weighted by atomic mass is 10.0. The van der Waals surface area contributed by atoms with Crippen molar-refractivity contribution in [1.82, 2.24) is 0 Å². The quantitative estimate of drug-likeness (QED) is 0.858. The lowest BCUT2D eigenvalue weighted by Gasteiger charge is -2.15. The normalized spacial score (nSPS) is 12.8. The summed E-state index contributed by atoms with van der Waals surface area (Å²) in [5.74, 6) is 0. The Bertz CT molecular complexity index is 794. The van der Waals surface area contributed by atoms with Gasteiger partial charge in [0, 0.05) is 11.7 Å². The van der Waals surface area contributed by atoms with Gasteiger partial charge in [-0.3, -0.25) is 4.18 Å². The fraction of sp³-hybridized carbons (Fsp3) is 0.267. The Balaban J connectivity index is 2.15. The third-order valence-electron chi connectivity index (χ3n) is 2.95. The van der Waals surface area contributed by atoms with Gasteiger partial charge < -0.3 is 5.32 Å². The molecule has 0 saturated heterocycles. The fourth-order valence-corrected chi connectivity index (χ4v) is 2.47. The van der Waals surface area contributed by atoms with Gasteiger partial charge >= 0.3 is 0 Å². The first kappa shape index (κ1) is 15.3. The zero-order valence-corrected chi connectivity index (χ0v) is 12.6. The molecule has 0 bridgehead atoms. The van der Waals surface area contributed by atoms with Crippen molar-refractivity contribution in [2.75, 3.05) is 18.2 Å². The average molecular weight is 304 g/mol. The number of anilines is 1. The zero-order chi connectivity index (χ0) is 15.5. The van der Waals surface area contributed by atoms with Crippen LogP contribution in [0.3, 0.4) is 0 Å². The molecular formula is C15H16N2O3S. The molecule has 2 rings (SSSR count). The fourth-order valence-electron chi connectivity index (χ4n) is 2.02. The van der Waals surface area contributed by atoms with E-state index in [1.807, 2.05) is 37.3 Å². The number of hydrogen-bond acceptors (Lipinski definition) is 5. The van der Waals surface area contributed by atoms with Gasteiger partial charge in [-0.1, -0.05) is 18.2 Å². The Morgan fingerprint density at radius 3 is 2.76 bits per heavy atom. The summed E-state index contributed by atoms with van der Waals surface area (Å²) >= 11 is 0. The third-order valence-corrected chi connectivity index (χ3v) is 3.51. The number of nitriles is 1. The Kier molecular flexibility index (Phi) is 4.46. The molecule has 0 spiro atoms. The molecule has 0 unspecified atom stereocenters. The minimum Gasteiger partial charge on any atom is -0.380 e. The van der Waals surface area contributed by atoms with E-state index in [9.17, 15) is 8.42 Å². The van der Waals surface area contributed by atoms with Gasteiger partial charge in [-0.15, -0.1) is 0 Å². The van der Waals surface area contributed by atoms with Crippen LogP contribution in [0.15, 0.2) is 36.4 Å². The van der Waals surface area contributed by atoms with Gasteiger partial charge in [0.25, 0.3) is 10.1 Å². The smallest absolute Gasteiger partial charge is 0.264 e. The maximum atomic E-state index is 11.0. The summed E-state index contributed by atoms with van der Waals surface area (Å²) in [5, 5.41) is 14.1. The van der Waals surface area contributed by atoms with Crippen LogP contribution in [0.2, 0.25) is 0 Å². The zero-order valence-electron chi connectivity index (χ0n) is 11.8. The van der Waals surface area contributed by atoms with Crippen LogP contribution >= 0.6 is 0 Å². The SMILES string of the molecule is C[C@H](COS(C)(=O)=O)Nc1ccc2c(C#N)cccc2c1. The molecule has 1 N–H and O–H groups in total. The van der Waals surface area contributed by atoms with Crippen molar-refractivity contribution in [2.24, 2.45) is 0 Å². The molecule has 0 aliphatic carbocycles. The second-order valence-electron chi connectivity index (χ2n) is 4.89. The highest BCUT2D eigenvalue weighted by atomic mass is 32.2. The van der Waals surface area contributed by atoms with E-state index < -0.39 is 10.1 Å². The molecule has 0 heterocycles. The van der Waals surface area contributed by atoms with Crippen molar-refractivity contribution in [2.45, 2.75) is 13.0 Å². The number of hydrogen-bond donors (Lipinski definition) is 1. The molecule has 2 aromatic rings. The van der Waals surface area contributed by atoms with E-state index in [2.05, 4.69) is 11.4 Å². The predicted octanol–water partition coefficient (Wildman–Crippen LogP) is 2.49. The number of nitrogens with one attached hydrogen (secondary N) is 1. The number of nitrogens with zero attached hydrogens (tertiary/aromatic N) is 1. The summed E-state index contributed by atoms with van der Waals surface area (Å²) in [6, 6.07) is 13.2. The van der Waals surface area contributed by atoms with E-state index in [0.717, 1.165) is 22.7 Å². The van der Waals surface area contributed by atoms with Crippen molar-refractivity contribution in [3.8, 4) is 6.07 Å². The molecule has 6 heteroatoms. The number of rotatable bonds is 5. The van der Waals surface area contributed by atoms with Crippen molar-refractivity contribution in [3.05, 3.63) is 42.0 Å². The van der Waals surface area contributed by atoms with Crippen LogP contribution < -0.4 is 5.32 Å². The summed E-state index contributed by atoms with van der Waals surface area (Å²) < 4.78 is 26.7. The van der Waals surface area contributed by atoms with Crippen LogP contribution in [0.4, 0.5) is 5.69 Å². The maximum Gasteiger partial charge on any atom is 0.264 e. The largest absolute Gasteiger partial charge is 0.380 e. The molecule has 2 aromatic carbocycles. The lowest BCUT2D eigenvalue weighted by Crippen LogP contribution is -2.23. The van der Waals surface area contributed by atoms with E-state index in [1.165, 1.54) is 0 Å². The molecule has 0 radical (unpaired) electrons. The summed E-state index contributed by atoms with van der Waals surface area (Å²) in [7, 11) is -3.43. The number of benzene rings is 2. The Morgan fingerprint density at radius 1 is 1.33 bits per heavy atom. The van der Waals surface area contributed by atoms with Crippen LogP contribution in [0.5, 0.6) is 0 Å². The summed E-state index contributed by atoms with van der Waals surface area (Å²) in [4.78, 5) is 0.